The minimum absolute atomic E-state index is 0.0979. The molecule has 2 aromatic carbocycles. The van der Waals surface area contributed by atoms with Gasteiger partial charge >= 0.3 is 0 Å². The van der Waals surface area contributed by atoms with Crippen LogP contribution in [0.1, 0.15) is 15.9 Å². The first-order valence-corrected chi connectivity index (χ1v) is 8.37. The molecule has 0 bridgehead atoms. The smallest absolute Gasteiger partial charge is 0.255 e. The second-order valence-corrected chi connectivity index (χ2v) is 7.05. The Labute approximate surface area is 150 Å². The van der Waals surface area contributed by atoms with Crippen molar-refractivity contribution in [1.82, 2.24) is 4.90 Å². The van der Waals surface area contributed by atoms with Gasteiger partial charge in [-0.3, -0.25) is 4.79 Å². The molecule has 0 N–H and O–H groups in total. The van der Waals surface area contributed by atoms with Crippen LogP contribution < -0.4 is 0 Å². The summed E-state index contributed by atoms with van der Waals surface area (Å²) in [5, 5.41) is 0.964. The summed E-state index contributed by atoms with van der Waals surface area (Å²) in [6.07, 6.45) is 0. The zero-order valence-electron chi connectivity index (χ0n) is 11.0. The van der Waals surface area contributed by atoms with Gasteiger partial charge in [-0.1, -0.05) is 51.3 Å². The first-order valence-electron chi connectivity index (χ1n) is 6.03. The fourth-order valence-electron chi connectivity index (χ4n) is 1.86. The van der Waals surface area contributed by atoms with Crippen molar-refractivity contribution in [3.63, 3.8) is 0 Å². The predicted octanol–water partition coefficient (Wildman–Crippen LogP) is 5.79. The monoisotopic (exact) mass is 449 g/mol. The molecular formula is C15H11Br2Cl2NO. The van der Waals surface area contributed by atoms with Crippen LogP contribution in [-0.4, -0.2) is 17.9 Å². The van der Waals surface area contributed by atoms with Crippen molar-refractivity contribution in [2.75, 3.05) is 7.05 Å². The van der Waals surface area contributed by atoms with E-state index < -0.39 is 0 Å². The molecule has 0 saturated heterocycles. The van der Waals surface area contributed by atoms with Crippen molar-refractivity contribution in [3.8, 4) is 0 Å². The van der Waals surface area contributed by atoms with Crippen LogP contribution in [0.5, 0.6) is 0 Å². The second-order valence-electron chi connectivity index (χ2n) is 4.50. The highest BCUT2D eigenvalue weighted by Gasteiger charge is 2.17. The van der Waals surface area contributed by atoms with Gasteiger partial charge in [0.2, 0.25) is 0 Å². The zero-order chi connectivity index (χ0) is 15.6. The summed E-state index contributed by atoms with van der Waals surface area (Å²) < 4.78 is 1.60. The molecule has 0 aliphatic heterocycles. The zero-order valence-corrected chi connectivity index (χ0v) is 15.7. The summed E-state index contributed by atoms with van der Waals surface area (Å²) in [6, 6.07) is 10.9. The number of rotatable bonds is 3. The van der Waals surface area contributed by atoms with Crippen molar-refractivity contribution in [3.05, 3.63) is 66.5 Å². The van der Waals surface area contributed by atoms with E-state index in [4.69, 9.17) is 23.2 Å². The Bertz CT molecular complexity index is 691. The van der Waals surface area contributed by atoms with Crippen LogP contribution in [0.15, 0.2) is 45.3 Å². The van der Waals surface area contributed by atoms with Crippen molar-refractivity contribution >= 4 is 61.0 Å². The highest BCUT2D eigenvalue weighted by atomic mass is 79.9. The Hall–Kier alpha value is -0.550. The number of benzene rings is 2. The molecule has 1 amide bonds. The number of hydrogen-bond donors (Lipinski definition) is 0. The van der Waals surface area contributed by atoms with Crippen LogP contribution in [0.2, 0.25) is 10.0 Å². The lowest BCUT2D eigenvalue weighted by atomic mass is 10.1. The van der Waals surface area contributed by atoms with E-state index in [9.17, 15) is 4.79 Å². The Morgan fingerprint density at radius 2 is 1.90 bits per heavy atom. The normalized spacial score (nSPS) is 10.5. The Morgan fingerprint density at radius 1 is 1.19 bits per heavy atom. The summed E-state index contributed by atoms with van der Waals surface area (Å²) >= 11 is 18.9. The van der Waals surface area contributed by atoms with Gasteiger partial charge < -0.3 is 4.90 Å². The fourth-order valence-corrected chi connectivity index (χ4v) is 3.02. The van der Waals surface area contributed by atoms with E-state index in [2.05, 4.69) is 31.9 Å². The van der Waals surface area contributed by atoms with Crippen LogP contribution in [0.3, 0.4) is 0 Å². The molecule has 0 radical (unpaired) electrons. The van der Waals surface area contributed by atoms with Gasteiger partial charge in [0.1, 0.15) is 0 Å². The van der Waals surface area contributed by atoms with Gasteiger partial charge in [0.25, 0.3) is 5.91 Å². The van der Waals surface area contributed by atoms with Crippen LogP contribution in [-0.2, 0) is 6.54 Å². The SMILES string of the molecule is CN(Cc1cccc(Cl)c1Cl)C(=O)c1cc(Br)ccc1Br. The summed E-state index contributed by atoms with van der Waals surface area (Å²) in [6.45, 7) is 0.386. The lowest BCUT2D eigenvalue weighted by Gasteiger charge is -2.19. The van der Waals surface area contributed by atoms with Crippen molar-refractivity contribution in [2.24, 2.45) is 0 Å². The molecule has 6 heteroatoms. The lowest BCUT2D eigenvalue weighted by molar-refractivity contribution is 0.0784. The van der Waals surface area contributed by atoms with Crippen LogP contribution in [0.25, 0.3) is 0 Å². The molecule has 2 aromatic rings. The third kappa shape index (κ3) is 4.01. The molecule has 0 saturated carbocycles. The van der Waals surface area contributed by atoms with Gasteiger partial charge in [-0.05, 0) is 45.8 Å². The molecule has 2 rings (SSSR count). The van der Waals surface area contributed by atoms with Gasteiger partial charge in [0.05, 0.1) is 15.6 Å². The van der Waals surface area contributed by atoms with Crippen molar-refractivity contribution in [2.45, 2.75) is 6.54 Å². The van der Waals surface area contributed by atoms with Crippen LogP contribution in [0, 0.1) is 0 Å². The first kappa shape index (κ1) is 16.8. The number of amides is 1. The molecule has 0 atom stereocenters. The van der Waals surface area contributed by atoms with Gasteiger partial charge in [-0.15, -0.1) is 0 Å². The van der Waals surface area contributed by atoms with Gasteiger partial charge in [-0.2, -0.15) is 0 Å². The maximum atomic E-state index is 12.5. The Balaban J connectivity index is 2.24. The molecule has 0 spiro atoms. The van der Waals surface area contributed by atoms with E-state index in [1.807, 2.05) is 24.3 Å². The molecule has 0 unspecified atom stereocenters. The molecule has 0 aliphatic rings. The fraction of sp³-hybridized carbons (Fsp3) is 0.133. The summed E-state index contributed by atoms with van der Waals surface area (Å²) in [5.41, 5.74) is 1.40. The van der Waals surface area contributed by atoms with E-state index in [-0.39, 0.29) is 5.91 Å². The number of hydrogen-bond acceptors (Lipinski definition) is 1. The predicted molar refractivity (Wildman–Crippen MR) is 94.1 cm³/mol. The van der Waals surface area contributed by atoms with Gasteiger partial charge in [0, 0.05) is 22.5 Å². The lowest BCUT2D eigenvalue weighted by Crippen LogP contribution is -2.26. The Kier molecular flexibility index (Phi) is 5.72. The number of halogens is 4. The largest absolute Gasteiger partial charge is 0.337 e. The Morgan fingerprint density at radius 3 is 2.62 bits per heavy atom. The molecule has 0 fully saturated rings. The summed E-state index contributed by atoms with van der Waals surface area (Å²) in [7, 11) is 1.73. The average molecular weight is 452 g/mol. The number of carbonyl (C=O) groups excluding carboxylic acids is 1. The molecule has 2 nitrogen and oxygen atoms in total. The average Bonchev–Trinajstić information content (AvgIpc) is 2.45. The van der Waals surface area contributed by atoms with E-state index in [1.54, 1.807) is 24.1 Å². The van der Waals surface area contributed by atoms with Gasteiger partial charge in [0.15, 0.2) is 0 Å². The van der Waals surface area contributed by atoms with E-state index in [1.165, 1.54) is 0 Å². The standard InChI is InChI=1S/C15H11Br2Cl2NO/c1-20(8-9-3-2-4-13(18)14(9)19)15(21)11-7-10(16)5-6-12(11)17/h2-7H,8H2,1H3. The molecule has 0 heterocycles. The molecule has 21 heavy (non-hydrogen) atoms. The second kappa shape index (κ2) is 7.14. The van der Waals surface area contributed by atoms with Crippen molar-refractivity contribution in [1.29, 1.82) is 0 Å². The number of nitrogens with zero attached hydrogens (tertiary/aromatic N) is 1. The highest BCUT2D eigenvalue weighted by Crippen LogP contribution is 2.27. The van der Waals surface area contributed by atoms with Crippen LogP contribution in [0.4, 0.5) is 0 Å². The summed E-state index contributed by atoms with van der Waals surface area (Å²) in [4.78, 5) is 14.1. The van der Waals surface area contributed by atoms with Crippen LogP contribution >= 0.6 is 55.1 Å². The summed E-state index contributed by atoms with van der Waals surface area (Å²) in [5.74, 6) is -0.0979. The maximum Gasteiger partial charge on any atom is 0.255 e. The third-order valence-electron chi connectivity index (χ3n) is 2.94. The maximum absolute atomic E-state index is 12.5. The topological polar surface area (TPSA) is 20.3 Å². The van der Waals surface area contributed by atoms with E-state index >= 15 is 0 Å². The van der Waals surface area contributed by atoms with E-state index in [0.29, 0.717) is 22.2 Å². The molecule has 110 valence electrons. The van der Waals surface area contributed by atoms with Crippen molar-refractivity contribution < 1.29 is 4.79 Å². The highest BCUT2D eigenvalue weighted by molar-refractivity contribution is 9.11. The third-order valence-corrected chi connectivity index (χ3v) is 4.99. The quantitative estimate of drug-likeness (QED) is 0.578. The first-order chi connectivity index (χ1) is 9.90. The minimum atomic E-state index is -0.0979. The molecular weight excluding hydrogens is 441 g/mol. The minimum Gasteiger partial charge on any atom is -0.337 e. The molecule has 0 aromatic heterocycles. The van der Waals surface area contributed by atoms with E-state index in [0.717, 1.165) is 14.5 Å². The van der Waals surface area contributed by atoms with Gasteiger partial charge in [-0.25, -0.2) is 0 Å². The number of carbonyl (C=O) groups is 1. The molecule has 0 aliphatic carbocycles.